The van der Waals surface area contributed by atoms with Crippen LogP contribution in [0.15, 0.2) is 54.6 Å². The number of ether oxygens (including phenoxy) is 1. The zero-order chi connectivity index (χ0) is 19.1. The molecule has 8 heteroatoms. The van der Waals surface area contributed by atoms with Gasteiger partial charge in [-0.1, -0.05) is 42.5 Å². The molecule has 0 spiro atoms. The smallest absolute Gasteiger partial charge is 0.138 e. The number of hydrogen-bond acceptors (Lipinski definition) is 4. The molecule has 1 saturated heterocycles. The average molecular weight is 428 g/mol. The number of piperidine rings is 1. The van der Waals surface area contributed by atoms with Crippen LogP contribution in [0.25, 0.3) is 0 Å². The maximum atomic E-state index is 15.4. The molecular formula is C20H25ClFN2O3S-. The second kappa shape index (κ2) is 10.9. The molecule has 0 saturated carbocycles. The summed E-state index contributed by atoms with van der Waals surface area (Å²) >= 11 is -2.32. The Balaban J connectivity index is 0.00000280. The lowest BCUT2D eigenvalue weighted by Crippen LogP contribution is -2.41. The van der Waals surface area contributed by atoms with E-state index in [1.165, 1.54) is 0 Å². The molecule has 1 N–H and O–H groups in total. The van der Waals surface area contributed by atoms with Crippen LogP contribution in [-0.4, -0.2) is 39.9 Å². The number of likely N-dealkylation sites (tertiary alicyclic amines) is 1. The largest absolute Gasteiger partial charge is 0.760 e. The van der Waals surface area contributed by atoms with Gasteiger partial charge in [0.15, 0.2) is 0 Å². The van der Waals surface area contributed by atoms with E-state index in [0.29, 0.717) is 38.1 Å². The van der Waals surface area contributed by atoms with E-state index in [1.807, 2.05) is 30.3 Å². The Morgan fingerprint density at radius 2 is 1.86 bits per heavy atom. The number of nitrogens with zero attached hydrogens (tertiary/aromatic N) is 1. The van der Waals surface area contributed by atoms with Gasteiger partial charge < -0.3 is 9.29 Å². The number of nitrogens with one attached hydrogen (secondary N) is 1. The first kappa shape index (κ1) is 22.8. The van der Waals surface area contributed by atoms with E-state index in [9.17, 15) is 8.76 Å². The topological polar surface area (TPSA) is 64.6 Å². The van der Waals surface area contributed by atoms with Gasteiger partial charge in [-0.15, -0.1) is 12.4 Å². The standard InChI is InChI=1S/C20H25FN2O3S.ClH/c21-20(18-6-4-5-17(15-18)16-22-27(24)25)9-11-23(12-10-20)13-14-26-19-7-2-1-3-8-19;/h1-8,15,22H,9-14,16H2,(H,24,25);1H/p-1. The van der Waals surface area contributed by atoms with E-state index in [0.717, 1.165) is 17.9 Å². The van der Waals surface area contributed by atoms with Gasteiger partial charge in [0.2, 0.25) is 0 Å². The second-order valence-electron chi connectivity index (χ2n) is 6.72. The zero-order valence-electron chi connectivity index (χ0n) is 15.5. The summed E-state index contributed by atoms with van der Waals surface area (Å²) in [5.74, 6) is 0.846. The fraction of sp³-hybridized carbons (Fsp3) is 0.400. The Morgan fingerprint density at radius 1 is 1.14 bits per heavy atom. The third-order valence-electron chi connectivity index (χ3n) is 4.91. The van der Waals surface area contributed by atoms with Crippen LogP contribution in [0.3, 0.4) is 0 Å². The number of benzene rings is 2. The number of rotatable bonds is 8. The van der Waals surface area contributed by atoms with Gasteiger partial charge in [0.1, 0.15) is 18.0 Å². The fourth-order valence-corrected chi connectivity index (χ4v) is 3.62. The van der Waals surface area contributed by atoms with Crippen molar-refractivity contribution in [1.82, 2.24) is 9.62 Å². The summed E-state index contributed by atoms with van der Waals surface area (Å²) in [6, 6.07) is 16.8. The predicted molar refractivity (Wildman–Crippen MR) is 110 cm³/mol. The SMILES string of the molecule is Cl.O=S([O-])NCc1cccc(C2(F)CCN(CCOc3ccccc3)CC2)c1. The number of para-hydroxylation sites is 1. The minimum Gasteiger partial charge on any atom is -0.760 e. The number of alkyl halides is 1. The van der Waals surface area contributed by atoms with Crippen LogP contribution in [0, 0.1) is 0 Å². The summed E-state index contributed by atoms with van der Waals surface area (Å²) < 4.78 is 44.7. The van der Waals surface area contributed by atoms with Crippen molar-refractivity contribution < 1.29 is 17.9 Å². The van der Waals surface area contributed by atoms with Gasteiger partial charge in [-0.05, 0) is 36.1 Å². The Hall–Kier alpha value is -1.51. The van der Waals surface area contributed by atoms with Crippen LogP contribution in [0.5, 0.6) is 5.75 Å². The van der Waals surface area contributed by atoms with Crippen LogP contribution < -0.4 is 9.46 Å². The van der Waals surface area contributed by atoms with Gasteiger partial charge in [-0.3, -0.25) is 9.11 Å². The molecule has 3 rings (SSSR count). The maximum absolute atomic E-state index is 15.4. The molecule has 0 radical (unpaired) electrons. The first-order valence-corrected chi connectivity index (χ1v) is 10.1. The minimum atomic E-state index is -2.32. The predicted octanol–water partition coefficient (Wildman–Crippen LogP) is 3.33. The molecule has 1 aliphatic rings. The zero-order valence-corrected chi connectivity index (χ0v) is 17.1. The van der Waals surface area contributed by atoms with E-state index in [1.54, 1.807) is 24.3 Å². The van der Waals surface area contributed by atoms with Crippen molar-refractivity contribution in [3.63, 3.8) is 0 Å². The Morgan fingerprint density at radius 3 is 2.54 bits per heavy atom. The first-order valence-electron chi connectivity index (χ1n) is 9.06. The molecule has 2 aromatic carbocycles. The molecule has 2 aromatic rings. The highest BCUT2D eigenvalue weighted by atomic mass is 35.5. The van der Waals surface area contributed by atoms with Crippen LogP contribution in [0.4, 0.5) is 4.39 Å². The summed E-state index contributed by atoms with van der Waals surface area (Å²) in [6.45, 7) is 2.85. The lowest BCUT2D eigenvalue weighted by Gasteiger charge is -2.36. The molecule has 1 fully saturated rings. The summed E-state index contributed by atoms with van der Waals surface area (Å²) in [5.41, 5.74) is 0.00902. The van der Waals surface area contributed by atoms with E-state index < -0.39 is 16.9 Å². The summed E-state index contributed by atoms with van der Waals surface area (Å²) in [4.78, 5) is 2.22. The van der Waals surface area contributed by atoms with Crippen molar-refractivity contribution >= 4 is 23.7 Å². The molecule has 1 atom stereocenters. The monoisotopic (exact) mass is 427 g/mol. The highest BCUT2D eigenvalue weighted by Crippen LogP contribution is 2.37. The molecule has 0 aliphatic carbocycles. The van der Waals surface area contributed by atoms with Crippen molar-refractivity contribution in [3.8, 4) is 5.75 Å². The minimum absolute atomic E-state index is 0. The molecule has 1 heterocycles. The molecule has 154 valence electrons. The normalized spacial score (nSPS) is 17.5. The highest BCUT2D eigenvalue weighted by molar-refractivity contribution is 7.77. The van der Waals surface area contributed by atoms with Gasteiger partial charge in [0.05, 0.1) is 0 Å². The Labute approximate surface area is 174 Å². The molecule has 0 amide bonds. The van der Waals surface area contributed by atoms with Gasteiger partial charge in [0.25, 0.3) is 0 Å². The molecule has 0 bridgehead atoms. The lowest BCUT2D eigenvalue weighted by molar-refractivity contribution is 0.0500. The average Bonchev–Trinajstić information content (AvgIpc) is 2.69. The highest BCUT2D eigenvalue weighted by Gasteiger charge is 2.36. The van der Waals surface area contributed by atoms with Crippen LogP contribution in [-0.2, 0) is 23.5 Å². The van der Waals surface area contributed by atoms with Crippen molar-refractivity contribution in [1.29, 1.82) is 0 Å². The molecular weight excluding hydrogens is 403 g/mol. The van der Waals surface area contributed by atoms with Gasteiger partial charge in [-0.25, -0.2) is 9.11 Å². The van der Waals surface area contributed by atoms with Crippen LogP contribution in [0.1, 0.15) is 24.0 Å². The van der Waals surface area contributed by atoms with E-state index >= 15 is 4.39 Å². The Bertz CT molecular complexity index is 758. The van der Waals surface area contributed by atoms with Crippen molar-refractivity contribution in [2.24, 2.45) is 0 Å². The first-order chi connectivity index (χ1) is 13.0. The van der Waals surface area contributed by atoms with Crippen molar-refractivity contribution in [2.45, 2.75) is 25.1 Å². The number of halogens is 2. The Kier molecular flexibility index (Phi) is 8.85. The van der Waals surface area contributed by atoms with Crippen LogP contribution >= 0.6 is 12.4 Å². The fourth-order valence-electron chi connectivity index (χ4n) is 3.33. The number of hydrogen-bond donors (Lipinski definition) is 1. The molecule has 28 heavy (non-hydrogen) atoms. The molecule has 0 aromatic heterocycles. The maximum Gasteiger partial charge on any atom is 0.138 e. The lowest BCUT2D eigenvalue weighted by atomic mass is 9.85. The van der Waals surface area contributed by atoms with Crippen LogP contribution in [0.2, 0.25) is 0 Å². The van der Waals surface area contributed by atoms with Gasteiger partial charge in [-0.2, -0.15) is 0 Å². The van der Waals surface area contributed by atoms with Crippen molar-refractivity contribution in [2.75, 3.05) is 26.2 Å². The van der Waals surface area contributed by atoms with Crippen molar-refractivity contribution in [3.05, 3.63) is 65.7 Å². The third kappa shape index (κ3) is 6.53. The van der Waals surface area contributed by atoms with E-state index in [2.05, 4.69) is 9.62 Å². The summed E-state index contributed by atoms with van der Waals surface area (Å²) in [7, 11) is 0. The summed E-state index contributed by atoms with van der Waals surface area (Å²) in [5, 5.41) is 0. The van der Waals surface area contributed by atoms with Gasteiger partial charge in [0, 0.05) is 37.4 Å². The second-order valence-corrected chi connectivity index (χ2v) is 7.48. The third-order valence-corrected chi connectivity index (χ3v) is 5.29. The van der Waals surface area contributed by atoms with E-state index in [-0.39, 0.29) is 19.0 Å². The van der Waals surface area contributed by atoms with Gasteiger partial charge >= 0.3 is 0 Å². The molecule has 1 unspecified atom stereocenters. The summed E-state index contributed by atoms with van der Waals surface area (Å²) in [6.07, 6.45) is 0.839. The molecule has 5 nitrogen and oxygen atoms in total. The van der Waals surface area contributed by atoms with E-state index in [4.69, 9.17) is 4.74 Å². The quantitative estimate of drug-likeness (QED) is 0.656. The molecule has 1 aliphatic heterocycles.